The van der Waals surface area contributed by atoms with E-state index >= 15 is 0 Å². The Kier molecular flexibility index (Phi) is 4.68. The molecule has 0 unspecified atom stereocenters. The summed E-state index contributed by atoms with van der Waals surface area (Å²) in [4.78, 5) is 9.73. The van der Waals surface area contributed by atoms with Gasteiger partial charge in [0.15, 0.2) is 0 Å². The van der Waals surface area contributed by atoms with Crippen LogP contribution in [0.5, 0.6) is 0 Å². The van der Waals surface area contributed by atoms with Crippen LogP contribution in [0.15, 0.2) is 52.8 Å². The van der Waals surface area contributed by atoms with Gasteiger partial charge in [-0.15, -0.1) is 11.3 Å². The summed E-state index contributed by atoms with van der Waals surface area (Å²) in [7, 11) is 0. The van der Waals surface area contributed by atoms with Crippen LogP contribution in [-0.2, 0) is 12.8 Å². The second-order valence-electron chi connectivity index (χ2n) is 7.50. The second kappa shape index (κ2) is 7.45. The summed E-state index contributed by atoms with van der Waals surface area (Å²) in [6.07, 6.45) is 5.38. The molecule has 0 amide bonds. The van der Waals surface area contributed by atoms with E-state index in [1.54, 1.807) is 0 Å². The van der Waals surface area contributed by atoms with Crippen molar-refractivity contribution >= 4 is 39.0 Å². The third-order valence-corrected chi connectivity index (χ3v) is 6.71. The Bertz CT molecular complexity index is 967. The van der Waals surface area contributed by atoms with Gasteiger partial charge >= 0.3 is 0 Å². The molecule has 138 valence electrons. The second-order valence-corrected chi connectivity index (χ2v) is 8.45. The van der Waals surface area contributed by atoms with Crippen LogP contribution in [0.2, 0.25) is 0 Å². The van der Waals surface area contributed by atoms with E-state index in [0.717, 1.165) is 52.0 Å². The van der Waals surface area contributed by atoms with Crippen LogP contribution >= 0.6 is 11.3 Å². The minimum absolute atomic E-state index is 1.08. The molecule has 27 heavy (non-hydrogen) atoms. The van der Waals surface area contributed by atoms with Crippen molar-refractivity contribution in [2.24, 2.45) is 4.99 Å². The van der Waals surface area contributed by atoms with E-state index in [4.69, 9.17) is 0 Å². The van der Waals surface area contributed by atoms with Crippen molar-refractivity contribution in [1.29, 1.82) is 0 Å². The van der Waals surface area contributed by atoms with Gasteiger partial charge in [-0.2, -0.15) is 0 Å². The number of fused-ring (bicyclic) bond motifs is 2. The third-order valence-electron chi connectivity index (χ3n) is 5.83. The molecule has 2 aliphatic heterocycles. The number of rotatable bonds is 4. The molecule has 2 aromatic carbocycles. The minimum Gasteiger partial charge on any atom is -0.368 e. The predicted molar refractivity (Wildman–Crippen MR) is 117 cm³/mol. The summed E-state index contributed by atoms with van der Waals surface area (Å²) in [6, 6.07) is 15.8. The van der Waals surface area contributed by atoms with Crippen molar-refractivity contribution < 1.29 is 0 Å². The first-order chi connectivity index (χ1) is 13.4. The number of nitrogens with zero attached hydrogens (tertiary/aromatic N) is 3. The number of anilines is 1. The number of thiophene rings is 1. The first-order valence-electron chi connectivity index (χ1n) is 9.95. The predicted octanol–water partition coefficient (Wildman–Crippen LogP) is 4.91. The zero-order valence-electron chi connectivity index (χ0n) is 15.6. The third kappa shape index (κ3) is 3.52. The lowest BCUT2D eigenvalue weighted by Gasteiger charge is -2.36. The number of hydrogen-bond acceptors (Lipinski definition) is 4. The SMILES string of the molecule is C1=Nc2cc(CCN3CCN(c4cccc5sccc45)CC3)ccc2CC1. The Balaban J connectivity index is 1.19. The van der Waals surface area contributed by atoms with Gasteiger partial charge in [-0.25, -0.2) is 0 Å². The molecule has 0 atom stereocenters. The standard InChI is InChI=1S/C23H25N3S/c1-4-22(20-9-16-27-23(20)5-1)26-14-12-25(13-15-26)11-8-18-6-7-19-3-2-10-24-21(19)17-18/h1,4-7,9-10,16-17H,2-3,8,11-15H2. The molecule has 0 bridgehead atoms. The lowest BCUT2D eigenvalue weighted by atomic mass is 10.0. The lowest BCUT2D eigenvalue weighted by molar-refractivity contribution is 0.261. The van der Waals surface area contributed by atoms with Crippen LogP contribution in [0, 0.1) is 0 Å². The molecule has 0 spiro atoms. The maximum Gasteiger partial charge on any atom is 0.0660 e. The van der Waals surface area contributed by atoms with Gasteiger partial charge < -0.3 is 4.90 Å². The summed E-state index contributed by atoms with van der Waals surface area (Å²) in [6.45, 7) is 5.65. The minimum atomic E-state index is 1.08. The van der Waals surface area contributed by atoms with E-state index in [2.05, 4.69) is 68.9 Å². The quantitative estimate of drug-likeness (QED) is 0.645. The molecule has 1 fully saturated rings. The van der Waals surface area contributed by atoms with Crippen molar-refractivity contribution in [3.63, 3.8) is 0 Å². The number of aryl methyl sites for hydroxylation is 1. The van der Waals surface area contributed by atoms with E-state index in [9.17, 15) is 0 Å². The van der Waals surface area contributed by atoms with Crippen molar-refractivity contribution in [2.45, 2.75) is 19.3 Å². The van der Waals surface area contributed by atoms with Crippen molar-refractivity contribution in [1.82, 2.24) is 4.90 Å². The van der Waals surface area contributed by atoms with Gasteiger partial charge in [0.05, 0.1) is 5.69 Å². The van der Waals surface area contributed by atoms with E-state index < -0.39 is 0 Å². The Morgan fingerprint density at radius 3 is 2.85 bits per heavy atom. The molecule has 1 saturated heterocycles. The van der Waals surface area contributed by atoms with Gasteiger partial charge in [-0.05, 0) is 60.0 Å². The molecule has 0 radical (unpaired) electrons. The summed E-state index contributed by atoms with van der Waals surface area (Å²) >= 11 is 1.83. The van der Waals surface area contributed by atoms with E-state index in [1.165, 1.54) is 32.6 Å². The Labute approximate surface area is 164 Å². The molecule has 0 aliphatic carbocycles. The number of piperazine rings is 1. The molecule has 4 heteroatoms. The lowest BCUT2D eigenvalue weighted by Crippen LogP contribution is -2.47. The summed E-state index contributed by atoms with van der Waals surface area (Å²) in [5.74, 6) is 0. The van der Waals surface area contributed by atoms with Crippen LogP contribution in [0.4, 0.5) is 11.4 Å². The number of hydrogen-bond donors (Lipinski definition) is 0. The van der Waals surface area contributed by atoms with E-state index in [-0.39, 0.29) is 0 Å². The van der Waals surface area contributed by atoms with Gasteiger partial charge in [0.1, 0.15) is 0 Å². The summed E-state index contributed by atoms with van der Waals surface area (Å²) in [5.41, 5.74) is 5.41. The average Bonchev–Trinajstić information content (AvgIpc) is 3.21. The highest BCUT2D eigenvalue weighted by atomic mass is 32.1. The fraction of sp³-hybridized carbons (Fsp3) is 0.348. The highest BCUT2D eigenvalue weighted by Crippen LogP contribution is 2.31. The molecular weight excluding hydrogens is 350 g/mol. The molecule has 0 saturated carbocycles. The van der Waals surface area contributed by atoms with Gasteiger partial charge in [0.2, 0.25) is 0 Å². The molecule has 3 nitrogen and oxygen atoms in total. The topological polar surface area (TPSA) is 18.8 Å². The molecule has 3 heterocycles. The van der Waals surface area contributed by atoms with Gasteiger partial charge in [-0.1, -0.05) is 18.2 Å². The fourth-order valence-electron chi connectivity index (χ4n) is 4.23. The molecule has 3 aromatic rings. The monoisotopic (exact) mass is 375 g/mol. The summed E-state index contributed by atoms with van der Waals surface area (Å²) < 4.78 is 1.39. The first-order valence-corrected chi connectivity index (χ1v) is 10.8. The van der Waals surface area contributed by atoms with Gasteiger partial charge in [-0.3, -0.25) is 9.89 Å². The van der Waals surface area contributed by atoms with Crippen LogP contribution in [0.1, 0.15) is 17.5 Å². The normalized spacial score (nSPS) is 17.4. The first kappa shape index (κ1) is 17.0. The molecule has 0 N–H and O–H groups in total. The highest BCUT2D eigenvalue weighted by molar-refractivity contribution is 7.17. The number of aliphatic imine (C=N–C) groups is 1. The zero-order chi connectivity index (χ0) is 18.1. The maximum absolute atomic E-state index is 4.57. The Hall–Kier alpha value is -2.17. The van der Waals surface area contributed by atoms with Gasteiger partial charge in [0.25, 0.3) is 0 Å². The maximum atomic E-state index is 4.57. The smallest absolute Gasteiger partial charge is 0.0660 e. The van der Waals surface area contributed by atoms with E-state index in [1.807, 2.05) is 11.3 Å². The summed E-state index contributed by atoms with van der Waals surface area (Å²) in [5, 5.41) is 3.61. The van der Waals surface area contributed by atoms with Crippen molar-refractivity contribution in [3.05, 3.63) is 59.0 Å². The van der Waals surface area contributed by atoms with Crippen LogP contribution in [-0.4, -0.2) is 43.8 Å². The molecule has 1 aromatic heterocycles. The average molecular weight is 376 g/mol. The largest absolute Gasteiger partial charge is 0.368 e. The molecule has 2 aliphatic rings. The van der Waals surface area contributed by atoms with Crippen LogP contribution < -0.4 is 4.90 Å². The zero-order valence-corrected chi connectivity index (χ0v) is 16.4. The van der Waals surface area contributed by atoms with Crippen molar-refractivity contribution in [2.75, 3.05) is 37.6 Å². The van der Waals surface area contributed by atoms with Crippen LogP contribution in [0.25, 0.3) is 10.1 Å². The van der Waals surface area contributed by atoms with Gasteiger partial charge in [0, 0.05) is 54.7 Å². The Morgan fingerprint density at radius 2 is 1.93 bits per heavy atom. The van der Waals surface area contributed by atoms with Crippen molar-refractivity contribution in [3.8, 4) is 0 Å². The fourth-order valence-corrected chi connectivity index (χ4v) is 5.04. The highest BCUT2D eigenvalue weighted by Gasteiger charge is 2.19. The molecule has 5 rings (SSSR count). The Morgan fingerprint density at radius 1 is 1.00 bits per heavy atom. The number of benzene rings is 2. The van der Waals surface area contributed by atoms with E-state index in [0.29, 0.717) is 0 Å². The van der Waals surface area contributed by atoms with Crippen LogP contribution in [0.3, 0.4) is 0 Å². The molecular formula is C23H25N3S.